The lowest BCUT2D eigenvalue weighted by molar-refractivity contribution is 0.163. The van der Waals surface area contributed by atoms with E-state index in [-0.39, 0.29) is 12.4 Å². The molecule has 2 aliphatic rings. The molecule has 2 fully saturated rings. The van der Waals surface area contributed by atoms with Gasteiger partial charge in [0, 0.05) is 26.2 Å². The van der Waals surface area contributed by atoms with E-state index in [9.17, 15) is 8.42 Å². The van der Waals surface area contributed by atoms with Crippen molar-refractivity contribution >= 4 is 22.4 Å². The number of piperazine rings is 1. The molecule has 2 aromatic rings. The minimum absolute atomic E-state index is 0. The molecule has 1 saturated heterocycles. The summed E-state index contributed by atoms with van der Waals surface area (Å²) in [5.74, 6) is 1.13. The van der Waals surface area contributed by atoms with Crippen LogP contribution >= 0.6 is 12.4 Å². The molecule has 0 spiro atoms. The Bertz CT molecular complexity index is 904. The van der Waals surface area contributed by atoms with Gasteiger partial charge in [-0.25, -0.2) is 8.42 Å². The monoisotopic (exact) mass is 427 g/mol. The molecule has 10 heteroatoms. The number of halogens is 1. The van der Waals surface area contributed by atoms with E-state index in [1.807, 2.05) is 19.1 Å². The molecule has 1 aromatic carbocycles. The fraction of sp³-hybridized carbons (Fsp3) is 0.556. The highest BCUT2D eigenvalue weighted by molar-refractivity contribution is 7.89. The Morgan fingerprint density at radius 3 is 2.36 bits per heavy atom. The summed E-state index contributed by atoms with van der Waals surface area (Å²) in [5.41, 5.74) is 6.84. The quantitative estimate of drug-likeness (QED) is 0.773. The molecule has 0 amide bonds. The van der Waals surface area contributed by atoms with Gasteiger partial charge < -0.3 is 10.3 Å². The summed E-state index contributed by atoms with van der Waals surface area (Å²) in [6, 6.07) is 6.98. The summed E-state index contributed by atoms with van der Waals surface area (Å²) in [6.45, 7) is 4.58. The van der Waals surface area contributed by atoms with Crippen molar-refractivity contribution in [2.45, 2.75) is 43.2 Å². The van der Waals surface area contributed by atoms with Crippen molar-refractivity contribution < 1.29 is 12.9 Å². The molecule has 2 heterocycles. The maximum absolute atomic E-state index is 12.8. The van der Waals surface area contributed by atoms with Crippen molar-refractivity contribution in [1.29, 1.82) is 0 Å². The van der Waals surface area contributed by atoms with Gasteiger partial charge in [-0.15, -0.1) is 12.4 Å². The van der Waals surface area contributed by atoms with Gasteiger partial charge >= 0.3 is 0 Å². The van der Waals surface area contributed by atoms with Gasteiger partial charge in [0.25, 0.3) is 0 Å². The number of sulfonamides is 1. The van der Waals surface area contributed by atoms with Gasteiger partial charge in [0.1, 0.15) is 0 Å². The van der Waals surface area contributed by atoms with Crippen LogP contribution in [0, 0.1) is 6.92 Å². The molecule has 1 saturated carbocycles. The zero-order chi connectivity index (χ0) is 19.1. The van der Waals surface area contributed by atoms with Gasteiger partial charge in [-0.2, -0.15) is 9.29 Å². The maximum Gasteiger partial charge on any atom is 0.243 e. The van der Waals surface area contributed by atoms with Crippen LogP contribution in [0.25, 0.3) is 0 Å². The number of hydrogen-bond donors (Lipinski definition) is 1. The molecule has 0 radical (unpaired) electrons. The molecule has 0 bridgehead atoms. The molecule has 0 atom stereocenters. The van der Waals surface area contributed by atoms with Crippen LogP contribution in [0.15, 0.2) is 33.7 Å². The SMILES string of the molecule is Cc1ccc(S(=O)(=O)N2CCN(Cc3nc(C4(N)CCC4)no3)CC2)cc1.Cl. The molecule has 1 aliphatic heterocycles. The Balaban J connectivity index is 0.00000225. The van der Waals surface area contributed by atoms with Crippen LogP contribution in [0.5, 0.6) is 0 Å². The van der Waals surface area contributed by atoms with Crippen molar-refractivity contribution in [2.75, 3.05) is 26.2 Å². The first-order valence-corrected chi connectivity index (χ1v) is 10.7. The fourth-order valence-electron chi connectivity index (χ4n) is 3.48. The molecule has 1 aromatic heterocycles. The molecular formula is C18H26ClN5O3S. The van der Waals surface area contributed by atoms with Gasteiger partial charge in [0.2, 0.25) is 15.9 Å². The number of benzene rings is 1. The van der Waals surface area contributed by atoms with Crippen molar-refractivity contribution in [2.24, 2.45) is 5.73 Å². The predicted octanol–water partition coefficient (Wildman–Crippen LogP) is 1.64. The lowest BCUT2D eigenvalue weighted by Crippen LogP contribution is -2.48. The van der Waals surface area contributed by atoms with E-state index < -0.39 is 15.6 Å². The summed E-state index contributed by atoms with van der Waals surface area (Å²) in [4.78, 5) is 6.92. The highest BCUT2D eigenvalue weighted by atomic mass is 35.5. The third-order valence-electron chi connectivity index (χ3n) is 5.51. The lowest BCUT2D eigenvalue weighted by atomic mass is 9.77. The molecule has 1 aliphatic carbocycles. The first-order chi connectivity index (χ1) is 12.9. The van der Waals surface area contributed by atoms with Gasteiger partial charge in [0.05, 0.1) is 17.0 Å². The second kappa shape index (κ2) is 8.08. The molecular weight excluding hydrogens is 402 g/mol. The number of hydrogen-bond acceptors (Lipinski definition) is 7. The standard InChI is InChI=1S/C18H25N5O3S.ClH/c1-14-3-5-15(6-4-14)27(24,25)23-11-9-22(10-12-23)13-16-20-17(21-26-16)18(19)7-2-8-18;/h3-6H,2,7-13,19H2,1H3;1H. The number of nitrogens with two attached hydrogens (primary N) is 1. The van der Waals surface area contributed by atoms with E-state index in [0.717, 1.165) is 24.8 Å². The van der Waals surface area contributed by atoms with E-state index >= 15 is 0 Å². The Morgan fingerprint density at radius 2 is 1.79 bits per heavy atom. The molecule has 28 heavy (non-hydrogen) atoms. The average Bonchev–Trinajstić information content (AvgIpc) is 3.09. The molecule has 0 unspecified atom stereocenters. The Hall–Kier alpha value is -1.52. The van der Waals surface area contributed by atoms with E-state index in [2.05, 4.69) is 15.0 Å². The molecule has 8 nitrogen and oxygen atoms in total. The summed E-state index contributed by atoms with van der Waals surface area (Å²) in [6.07, 6.45) is 2.88. The van der Waals surface area contributed by atoms with Crippen molar-refractivity contribution in [3.05, 3.63) is 41.5 Å². The Kier molecular flexibility index (Phi) is 6.11. The third kappa shape index (κ3) is 4.08. The first-order valence-electron chi connectivity index (χ1n) is 9.28. The zero-order valence-electron chi connectivity index (χ0n) is 15.9. The predicted molar refractivity (Wildman–Crippen MR) is 106 cm³/mol. The van der Waals surface area contributed by atoms with Crippen LogP contribution in [0.3, 0.4) is 0 Å². The van der Waals surface area contributed by atoms with Crippen LogP contribution in [0.2, 0.25) is 0 Å². The van der Waals surface area contributed by atoms with Gasteiger partial charge in [-0.05, 0) is 38.3 Å². The molecule has 4 rings (SSSR count). The van der Waals surface area contributed by atoms with Crippen molar-refractivity contribution in [3.63, 3.8) is 0 Å². The van der Waals surface area contributed by atoms with Crippen LogP contribution in [0.4, 0.5) is 0 Å². The smallest absolute Gasteiger partial charge is 0.243 e. The summed E-state index contributed by atoms with van der Waals surface area (Å²) >= 11 is 0. The Labute approximate surface area is 171 Å². The van der Waals surface area contributed by atoms with Crippen LogP contribution in [0.1, 0.15) is 36.5 Å². The van der Waals surface area contributed by atoms with Gasteiger partial charge in [-0.1, -0.05) is 22.9 Å². The number of nitrogens with zero attached hydrogens (tertiary/aromatic N) is 4. The minimum atomic E-state index is -3.45. The third-order valence-corrected chi connectivity index (χ3v) is 7.42. The molecule has 154 valence electrons. The normalized spacial score (nSPS) is 20.4. The summed E-state index contributed by atoms with van der Waals surface area (Å²) in [7, 11) is -3.45. The van der Waals surface area contributed by atoms with Crippen molar-refractivity contribution in [1.82, 2.24) is 19.3 Å². The van der Waals surface area contributed by atoms with Crippen LogP contribution in [-0.2, 0) is 22.1 Å². The number of rotatable bonds is 5. The van der Waals surface area contributed by atoms with Gasteiger partial charge in [0.15, 0.2) is 5.82 Å². The van der Waals surface area contributed by atoms with Crippen LogP contribution < -0.4 is 5.73 Å². The highest BCUT2D eigenvalue weighted by Gasteiger charge is 2.39. The molecule has 2 N–H and O–H groups in total. The summed E-state index contributed by atoms with van der Waals surface area (Å²) < 4.78 is 32.4. The van der Waals surface area contributed by atoms with E-state index in [1.54, 1.807) is 12.1 Å². The van der Waals surface area contributed by atoms with E-state index in [0.29, 0.717) is 49.3 Å². The minimum Gasteiger partial charge on any atom is -0.338 e. The number of aryl methyl sites for hydroxylation is 1. The number of aromatic nitrogens is 2. The van der Waals surface area contributed by atoms with E-state index in [4.69, 9.17) is 10.3 Å². The fourth-order valence-corrected chi connectivity index (χ4v) is 4.90. The second-order valence-corrected chi connectivity index (χ2v) is 9.45. The maximum atomic E-state index is 12.8. The lowest BCUT2D eigenvalue weighted by Gasteiger charge is -2.34. The average molecular weight is 428 g/mol. The first kappa shape index (κ1) is 21.2. The van der Waals surface area contributed by atoms with Crippen LogP contribution in [-0.4, -0.2) is 53.9 Å². The highest BCUT2D eigenvalue weighted by Crippen LogP contribution is 2.36. The van der Waals surface area contributed by atoms with E-state index in [1.165, 1.54) is 4.31 Å². The largest absolute Gasteiger partial charge is 0.338 e. The van der Waals surface area contributed by atoms with Gasteiger partial charge in [-0.3, -0.25) is 4.90 Å². The Morgan fingerprint density at radius 1 is 1.14 bits per heavy atom. The summed E-state index contributed by atoms with van der Waals surface area (Å²) in [5, 5.41) is 4.03. The second-order valence-electron chi connectivity index (χ2n) is 7.51. The zero-order valence-corrected chi connectivity index (χ0v) is 17.5. The van der Waals surface area contributed by atoms with Crippen molar-refractivity contribution in [3.8, 4) is 0 Å². The topological polar surface area (TPSA) is 106 Å².